The van der Waals surface area contributed by atoms with Crippen LogP contribution in [0.4, 0.5) is 5.82 Å². The summed E-state index contributed by atoms with van der Waals surface area (Å²) in [5, 5.41) is 14.5. The van der Waals surface area contributed by atoms with Crippen molar-refractivity contribution in [1.82, 2.24) is 9.55 Å². The molecule has 0 radical (unpaired) electrons. The molecule has 1 N–H and O–H groups in total. The van der Waals surface area contributed by atoms with E-state index in [4.69, 9.17) is 16.3 Å². The second kappa shape index (κ2) is 8.91. The van der Waals surface area contributed by atoms with Gasteiger partial charge in [0, 0.05) is 46.0 Å². The topological polar surface area (TPSA) is 75.2 Å². The molecule has 0 fully saturated rings. The number of aryl methyl sites for hydroxylation is 2. The molecule has 7 heteroatoms. The van der Waals surface area contributed by atoms with Crippen molar-refractivity contribution in [1.29, 1.82) is 5.26 Å². The van der Waals surface area contributed by atoms with Gasteiger partial charge in [-0.25, -0.2) is 4.98 Å². The third-order valence-corrected chi connectivity index (χ3v) is 4.82. The van der Waals surface area contributed by atoms with Gasteiger partial charge in [-0.05, 0) is 57.2 Å². The van der Waals surface area contributed by atoms with Gasteiger partial charge in [0.25, 0.3) is 0 Å². The number of halogens is 1. The fourth-order valence-electron chi connectivity index (χ4n) is 3.28. The van der Waals surface area contributed by atoms with E-state index in [0.717, 1.165) is 33.9 Å². The van der Waals surface area contributed by atoms with E-state index in [-0.39, 0.29) is 0 Å². The Bertz CT molecular complexity index is 1090. The summed E-state index contributed by atoms with van der Waals surface area (Å²) in [5.74, 6) is 0.419. The molecule has 0 unspecified atom stereocenters. The maximum Gasteiger partial charge on any atom is 0.164 e. The Morgan fingerprint density at radius 3 is 2.62 bits per heavy atom. The van der Waals surface area contributed by atoms with Gasteiger partial charge in [0.1, 0.15) is 11.6 Å². The predicted octanol–water partition coefficient (Wildman–Crippen LogP) is 4.92. The van der Waals surface area contributed by atoms with Gasteiger partial charge in [-0.3, -0.25) is 5.43 Å². The van der Waals surface area contributed by atoms with E-state index in [1.165, 1.54) is 0 Å². The highest BCUT2D eigenvalue weighted by Crippen LogP contribution is 2.22. The molecule has 3 aromatic rings. The van der Waals surface area contributed by atoms with E-state index in [9.17, 15) is 5.26 Å². The second-order valence-corrected chi connectivity index (χ2v) is 7.14. The maximum atomic E-state index is 9.51. The summed E-state index contributed by atoms with van der Waals surface area (Å²) in [6.45, 7) is 6.28. The minimum absolute atomic E-state index is 0.340. The maximum absolute atomic E-state index is 9.51. The lowest BCUT2D eigenvalue weighted by Gasteiger charge is -2.10. The van der Waals surface area contributed by atoms with Gasteiger partial charge in [-0.1, -0.05) is 11.6 Å². The number of nitrogens with one attached hydrogen (secondary N) is 1. The largest absolute Gasteiger partial charge is 0.380 e. The summed E-state index contributed by atoms with van der Waals surface area (Å²) in [6, 6.07) is 13.8. The molecule has 0 aliphatic heterocycles. The smallest absolute Gasteiger partial charge is 0.164 e. The zero-order valence-corrected chi connectivity index (χ0v) is 17.6. The van der Waals surface area contributed by atoms with E-state index in [0.29, 0.717) is 23.0 Å². The Morgan fingerprint density at radius 1 is 1.24 bits per heavy atom. The molecular weight excluding hydrogens is 386 g/mol. The minimum Gasteiger partial charge on any atom is -0.380 e. The van der Waals surface area contributed by atoms with Crippen LogP contribution >= 0.6 is 11.6 Å². The summed E-state index contributed by atoms with van der Waals surface area (Å²) >= 11 is 6.00. The van der Waals surface area contributed by atoms with E-state index < -0.39 is 0 Å². The first-order chi connectivity index (χ1) is 13.9. The fourth-order valence-corrected chi connectivity index (χ4v) is 3.41. The fraction of sp³-hybridized carbons (Fsp3) is 0.227. The van der Waals surface area contributed by atoms with Crippen LogP contribution in [0.25, 0.3) is 5.69 Å². The standard InChI is InChI=1S/C22H22ClN5O/c1-14-9-18(13-29-4)21(11-24)22(26-14)27-25-12-17-10-15(2)28(16(17)3)20-7-5-19(23)6-8-20/h5-10,12H,13H2,1-4H3,(H,26,27)/b25-12-. The monoisotopic (exact) mass is 407 g/mol. The summed E-state index contributed by atoms with van der Waals surface area (Å²) in [5.41, 5.74) is 9.04. The zero-order chi connectivity index (χ0) is 21.0. The summed E-state index contributed by atoms with van der Waals surface area (Å²) in [6.07, 6.45) is 1.73. The van der Waals surface area contributed by atoms with Gasteiger partial charge in [-0.2, -0.15) is 10.4 Å². The molecule has 6 nitrogen and oxygen atoms in total. The second-order valence-electron chi connectivity index (χ2n) is 6.70. The van der Waals surface area contributed by atoms with Crippen molar-refractivity contribution in [3.63, 3.8) is 0 Å². The summed E-state index contributed by atoms with van der Waals surface area (Å²) in [4.78, 5) is 4.40. The number of hydrazone groups is 1. The average molecular weight is 408 g/mol. The molecule has 3 rings (SSSR count). The number of hydrogen-bond acceptors (Lipinski definition) is 5. The molecule has 0 aliphatic carbocycles. The number of nitriles is 1. The van der Waals surface area contributed by atoms with Crippen molar-refractivity contribution in [2.75, 3.05) is 12.5 Å². The quantitative estimate of drug-likeness (QED) is 0.465. The number of aromatic nitrogens is 2. The molecule has 0 bridgehead atoms. The number of methoxy groups -OCH3 is 1. The van der Waals surface area contributed by atoms with Gasteiger partial charge in [0.15, 0.2) is 5.82 Å². The molecule has 0 aliphatic rings. The molecule has 2 aromatic heterocycles. The lowest BCUT2D eigenvalue weighted by atomic mass is 10.1. The van der Waals surface area contributed by atoms with Crippen molar-refractivity contribution in [3.05, 3.63) is 75.2 Å². The van der Waals surface area contributed by atoms with Crippen LogP contribution in [0.2, 0.25) is 5.02 Å². The van der Waals surface area contributed by atoms with Crippen LogP contribution in [0, 0.1) is 32.1 Å². The minimum atomic E-state index is 0.340. The highest BCUT2D eigenvalue weighted by atomic mass is 35.5. The molecule has 0 saturated carbocycles. The molecule has 0 spiro atoms. The molecule has 29 heavy (non-hydrogen) atoms. The van der Waals surface area contributed by atoms with E-state index in [1.807, 2.05) is 51.1 Å². The van der Waals surface area contributed by atoms with E-state index in [1.54, 1.807) is 13.3 Å². The first-order valence-electron chi connectivity index (χ1n) is 9.08. The van der Waals surface area contributed by atoms with Gasteiger partial charge < -0.3 is 9.30 Å². The van der Waals surface area contributed by atoms with E-state index >= 15 is 0 Å². The molecule has 1 aromatic carbocycles. The highest BCUT2D eigenvalue weighted by Gasteiger charge is 2.12. The van der Waals surface area contributed by atoms with Crippen LogP contribution < -0.4 is 5.43 Å². The van der Waals surface area contributed by atoms with Gasteiger partial charge in [0.2, 0.25) is 0 Å². The van der Waals surface area contributed by atoms with Crippen molar-refractivity contribution in [2.45, 2.75) is 27.4 Å². The Labute approximate surface area is 175 Å². The number of benzene rings is 1. The normalized spacial score (nSPS) is 11.0. The number of anilines is 1. The van der Waals surface area contributed by atoms with Crippen LogP contribution in [-0.2, 0) is 11.3 Å². The number of rotatable bonds is 6. The van der Waals surface area contributed by atoms with Crippen molar-refractivity contribution < 1.29 is 4.74 Å². The Morgan fingerprint density at radius 2 is 1.97 bits per heavy atom. The average Bonchev–Trinajstić information content (AvgIpc) is 2.96. The Kier molecular flexibility index (Phi) is 6.32. The SMILES string of the molecule is COCc1cc(C)nc(N/N=C\c2cc(C)n(-c3ccc(Cl)cc3)c2C)c1C#N. The summed E-state index contributed by atoms with van der Waals surface area (Å²) in [7, 11) is 1.60. The van der Waals surface area contributed by atoms with Crippen molar-refractivity contribution in [3.8, 4) is 11.8 Å². The molecule has 2 heterocycles. The van der Waals surface area contributed by atoms with Crippen molar-refractivity contribution >= 4 is 23.6 Å². The predicted molar refractivity (Wildman–Crippen MR) is 116 cm³/mol. The number of pyridine rings is 1. The molecule has 0 amide bonds. The van der Waals surface area contributed by atoms with Crippen LogP contribution in [0.5, 0.6) is 0 Å². The number of nitrogens with zero attached hydrogens (tertiary/aromatic N) is 4. The first-order valence-corrected chi connectivity index (χ1v) is 9.46. The first kappa shape index (κ1) is 20.6. The molecule has 0 saturated heterocycles. The number of ether oxygens (including phenoxy) is 1. The van der Waals surface area contributed by atoms with Crippen LogP contribution in [0.15, 0.2) is 41.5 Å². The lowest BCUT2D eigenvalue weighted by molar-refractivity contribution is 0.184. The molecular formula is C22H22ClN5O. The van der Waals surface area contributed by atoms with E-state index in [2.05, 4.69) is 32.2 Å². The highest BCUT2D eigenvalue weighted by molar-refractivity contribution is 6.30. The molecule has 0 atom stereocenters. The van der Waals surface area contributed by atoms with Gasteiger partial charge >= 0.3 is 0 Å². The van der Waals surface area contributed by atoms with Crippen LogP contribution in [0.1, 0.15) is 33.8 Å². The van der Waals surface area contributed by atoms with Crippen LogP contribution in [0.3, 0.4) is 0 Å². The Hall–Kier alpha value is -3.14. The van der Waals surface area contributed by atoms with Gasteiger partial charge in [0.05, 0.1) is 12.8 Å². The van der Waals surface area contributed by atoms with Crippen molar-refractivity contribution in [2.24, 2.45) is 5.10 Å². The third kappa shape index (κ3) is 4.48. The summed E-state index contributed by atoms with van der Waals surface area (Å²) < 4.78 is 7.32. The Balaban J connectivity index is 1.88. The van der Waals surface area contributed by atoms with Crippen LogP contribution in [-0.4, -0.2) is 22.9 Å². The van der Waals surface area contributed by atoms with Gasteiger partial charge in [-0.15, -0.1) is 0 Å². The number of hydrogen-bond donors (Lipinski definition) is 1. The zero-order valence-electron chi connectivity index (χ0n) is 16.8. The third-order valence-electron chi connectivity index (χ3n) is 4.57. The molecule has 148 valence electrons. The lowest BCUT2D eigenvalue weighted by Crippen LogP contribution is -2.04.